The zero-order chi connectivity index (χ0) is 14.7. The Bertz CT molecular complexity index is 594. The predicted octanol–water partition coefficient (Wildman–Crippen LogP) is 2.51. The van der Waals surface area contributed by atoms with Crippen LogP contribution in [0.3, 0.4) is 0 Å². The van der Waals surface area contributed by atoms with Crippen LogP contribution < -0.4 is 10.2 Å². The molecule has 0 aliphatic carbocycles. The van der Waals surface area contributed by atoms with E-state index in [-0.39, 0.29) is 0 Å². The fraction of sp³-hybridized carbons (Fsp3) is 0.429. The second-order valence-corrected chi connectivity index (χ2v) is 5.20. The van der Waals surface area contributed by atoms with Crippen molar-refractivity contribution in [2.24, 2.45) is 0 Å². The van der Waals surface area contributed by atoms with Gasteiger partial charge in [0.1, 0.15) is 18.0 Å². The number of aryl methyl sites for hydroxylation is 1. The molecule has 106 valence electrons. The van der Waals surface area contributed by atoms with Crippen LogP contribution in [0.15, 0.2) is 18.6 Å². The zero-order valence-corrected chi connectivity index (χ0v) is 12.5. The van der Waals surface area contributed by atoms with Crippen molar-refractivity contribution in [2.45, 2.75) is 26.7 Å². The molecule has 1 N–H and O–H groups in total. The van der Waals surface area contributed by atoms with E-state index in [4.69, 9.17) is 0 Å². The second kappa shape index (κ2) is 5.81. The van der Waals surface area contributed by atoms with E-state index in [1.54, 1.807) is 12.5 Å². The third kappa shape index (κ3) is 3.20. The zero-order valence-electron chi connectivity index (χ0n) is 12.5. The van der Waals surface area contributed by atoms with Crippen LogP contribution in [0.4, 0.5) is 17.6 Å². The SMILES string of the molecule is Cc1cnc(Nc2cc(C(C)C)ncn2)nc1N(C)C. The van der Waals surface area contributed by atoms with Crippen molar-refractivity contribution in [3.8, 4) is 0 Å². The largest absolute Gasteiger partial charge is 0.362 e. The Morgan fingerprint density at radius 2 is 1.90 bits per heavy atom. The molecule has 0 fully saturated rings. The molecule has 0 unspecified atom stereocenters. The van der Waals surface area contributed by atoms with Crippen LogP contribution in [0.2, 0.25) is 0 Å². The van der Waals surface area contributed by atoms with Gasteiger partial charge in [0.15, 0.2) is 0 Å². The Morgan fingerprint density at radius 1 is 1.15 bits per heavy atom. The minimum atomic E-state index is 0.356. The van der Waals surface area contributed by atoms with Gasteiger partial charge in [-0.05, 0) is 12.8 Å². The smallest absolute Gasteiger partial charge is 0.230 e. The number of nitrogens with zero attached hydrogens (tertiary/aromatic N) is 5. The van der Waals surface area contributed by atoms with E-state index in [0.717, 1.165) is 17.1 Å². The van der Waals surface area contributed by atoms with E-state index in [1.807, 2.05) is 32.0 Å². The van der Waals surface area contributed by atoms with E-state index in [2.05, 4.69) is 39.1 Å². The van der Waals surface area contributed by atoms with Crippen molar-refractivity contribution in [1.29, 1.82) is 0 Å². The highest BCUT2D eigenvalue weighted by molar-refractivity contribution is 5.53. The summed E-state index contributed by atoms with van der Waals surface area (Å²) in [4.78, 5) is 19.2. The van der Waals surface area contributed by atoms with Crippen LogP contribution in [-0.4, -0.2) is 34.0 Å². The van der Waals surface area contributed by atoms with Gasteiger partial charge in [0, 0.05) is 37.6 Å². The molecule has 6 heteroatoms. The predicted molar refractivity (Wildman–Crippen MR) is 80.5 cm³/mol. The summed E-state index contributed by atoms with van der Waals surface area (Å²) >= 11 is 0. The normalized spacial score (nSPS) is 10.7. The van der Waals surface area contributed by atoms with Gasteiger partial charge in [-0.2, -0.15) is 4.98 Å². The molecule has 0 amide bonds. The fourth-order valence-electron chi connectivity index (χ4n) is 1.82. The van der Waals surface area contributed by atoms with Gasteiger partial charge >= 0.3 is 0 Å². The van der Waals surface area contributed by atoms with Crippen LogP contribution in [0, 0.1) is 6.92 Å². The molecule has 20 heavy (non-hydrogen) atoms. The average molecular weight is 272 g/mol. The van der Waals surface area contributed by atoms with Gasteiger partial charge in [0.25, 0.3) is 0 Å². The average Bonchev–Trinajstić information content (AvgIpc) is 2.41. The quantitative estimate of drug-likeness (QED) is 0.922. The van der Waals surface area contributed by atoms with Crippen LogP contribution in [-0.2, 0) is 0 Å². The molecule has 0 atom stereocenters. The molecule has 0 saturated heterocycles. The highest BCUT2D eigenvalue weighted by Crippen LogP contribution is 2.19. The molecule has 2 rings (SSSR count). The molecular formula is C14H20N6. The van der Waals surface area contributed by atoms with Gasteiger partial charge in [-0.25, -0.2) is 15.0 Å². The Balaban J connectivity index is 2.26. The topological polar surface area (TPSA) is 66.8 Å². The maximum atomic E-state index is 4.48. The van der Waals surface area contributed by atoms with Gasteiger partial charge in [0.2, 0.25) is 5.95 Å². The Hall–Kier alpha value is -2.24. The number of nitrogens with one attached hydrogen (secondary N) is 1. The molecule has 0 bridgehead atoms. The van der Waals surface area contributed by atoms with Crippen molar-refractivity contribution in [3.05, 3.63) is 29.8 Å². The number of anilines is 3. The lowest BCUT2D eigenvalue weighted by atomic mass is 10.1. The highest BCUT2D eigenvalue weighted by Gasteiger charge is 2.08. The molecular weight excluding hydrogens is 252 g/mol. The van der Waals surface area contributed by atoms with Crippen molar-refractivity contribution >= 4 is 17.6 Å². The summed E-state index contributed by atoms with van der Waals surface area (Å²) in [5.41, 5.74) is 2.02. The minimum absolute atomic E-state index is 0.356. The molecule has 0 spiro atoms. The van der Waals surface area contributed by atoms with Crippen LogP contribution in [0.5, 0.6) is 0 Å². The molecule has 0 aromatic carbocycles. The summed E-state index contributed by atoms with van der Waals surface area (Å²) in [7, 11) is 3.92. The summed E-state index contributed by atoms with van der Waals surface area (Å²) in [5.74, 6) is 2.49. The van der Waals surface area contributed by atoms with E-state index in [1.165, 1.54) is 0 Å². The Labute approximate surface area is 119 Å². The monoisotopic (exact) mass is 272 g/mol. The maximum Gasteiger partial charge on any atom is 0.230 e. The summed E-state index contributed by atoms with van der Waals surface area (Å²) in [6.07, 6.45) is 3.36. The lowest BCUT2D eigenvalue weighted by Crippen LogP contribution is -2.14. The van der Waals surface area contributed by atoms with E-state index < -0.39 is 0 Å². The van der Waals surface area contributed by atoms with Gasteiger partial charge in [-0.15, -0.1) is 0 Å². The highest BCUT2D eigenvalue weighted by atomic mass is 15.2. The third-order valence-electron chi connectivity index (χ3n) is 2.89. The number of hydrogen-bond donors (Lipinski definition) is 1. The number of hydrogen-bond acceptors (Lipinski definition) is 6. The molecule has 0 radical (unpaired) electrons. The first-order valence-electron chi connectivity index (χ1n) is 6.57. The number of rotatable bonds is 4. The summed E-state index contributed by atoms with van der Waals surface area (Å²) in [6, 6.07) is 1.92. The molecule has 0 aliphatic rings. The summed E-state index contributed by atoms with van der Waals surface area (Å²) < 4.78 is 0. The lowest BCUT2D eigenvalue weighted by molar-refractivity contribution is 0.815. The summed E-state index contributed by atoms with van der Waals surface area (Å²) in [5, 5.41) is 3.12. The van der Waals surface area contributed by atoms with Crippen molar-refractivity contribution in [2.75, 3.05) is 24.3 Å². The molecule has 0 aliphatic heterocycles. The molecule has 6 nitrogen and oxygen atoms in total. The van der Waals surface area contributed by atoms with Crippen molar-refractivity contribution in [1.82, 2.24) is 19.9 Å². The fourth-order valence-corrected chi connectivity index (χ4v) is 1.82. The van der Waals surface area contributed by atoms with Crippen molar-refractivity contribution < 1.29 is 0 Å². The first-order valence-corrected chi connectivity index (χ1v) is 6.57. The van der Waals surface area contributed by atoms with E-state index in [9.17, 15) is 0 Å². The van der Waals surface area contributed by atoms with Gasteiger partial charge in [0.05, 0.1) is 0 Å². The van der Waals surface area contributed by atoms with Crippen LogP contribution in [0.1, 0.15) is 31.0 Å². The first-order chi connectivity index (χ1) is 9.47. The van der Waals surface area contributed by atoms with E-state index >= 15 is 0 Å². The lowest BCUT2D eigenvalue weighted by Gasteiger charge is -2.15. The van der Waals surface area contributed by atoms with Crippen LogP contribution >= 0.6 is 0 Å². The molecule has 2 heterocycles. The molecule has 0 saturated carbocycles. The summed E-state index contributed by atoms with van der Waals surface area (Å²) in [6.45, 7) is 6.18. The van der Waals surface area contributed by atoms with E-state index in [0.29, 0.717) is 17.7 Å². The van der Waals surface area contributed by atoms with Gasteiger partial charge in [-0.1, -0.05) is 13.8 Å². The molecule has 2 aromatic heterocycles. The van der Waals surface area contributed by atoms with Gasteiger partial charge in [-0.3, -0.25) is 0 Å². The van der Waals surface area contributed by atoms with Crippen molar-refractivity contribution in [3.63, 3.8) is 0 Å². The maximum absolute atomic E-state index is 4.48. The minimum Gasteiger partial charge on any atom is -0.362 e. The first kappa shape index (κ1) is 14.2. The third-order valence-corrected chi connectivity index (χ3v) is 2.89. The number of aromatic nitrogens is 4. The molecule has 2 aromatic rings. The van der Waals surface area contributed by atoms with Crippen LogP contribution in [0.25, 0.3) is 0 Å². The second-order valence-electron chi connectivity index (χ2n) is 5.20. The standard InChI is InChI=1S/C14H20N6/c1-9(2)11-6-12(17-8-16-11)18-14-15-7-10(3)13(19-14)20(4)5/h6-9H,1-5H3,(H,15,16,17,18,19). The Kier molecular flexibility index (Phi) is 4.12. The van der Waals surface area contributed by atoms with Gasteiger partial charge < -0.3 is 10.2 Å². The Morgan fingerprint density at radius 3 is 2.55 bits per heavy atom.